The highest BCUT2D eigenvalue weighted by Gasteiger charge is 2.24. The molecule has 1 aromatic carbocycles. The van der Waals surface area contributed by atoms with Gasteiger partial charge in [0.05, 0.1) is 0 Å². The highest BCUT2D eigenvalue weighted by Crippen LogP contribution is 2.42. The molecule has 3 rings (SSSR count). The Morgan fingerprint density at radius 2 is 1.83 bits per heavy atom. The predicted octanol–water partition coefficient (Wildman–Crippen LogP) is 8.69. The second kappa shape index (κ2) is 9.16. The Hall–Kier alpha value is -2.08. The number of benzene rings is 1. The van der Waals surface area contributed by atoms with Crippen LogP contribution in [0.15, 0.2) is 70.9 Å². The van der Waals surface area contributed by atoms with Gasteiger partial charge in [0, 0.05) is 0 Å². The average molecular weight is 387 g/mol. The van der Waals surface area contributed by atoms with E-state index in [0.717, 1.165) is 25.2 Å². The van der Waals surface area contributed by atoms with Crippen LogP contribution in [0.1, 0.15) is 82.9 Å². The second-order valence-electron chi connectivity index (χ2n) is 9.16. The predicted molar refractivity (Wildman–Crippen MR) is 129 cm³/mol. The number of fused-ring (bicyclic) bond motifs is 1. The van der Waals surface area contributed by atoms with E-state index in [2.05, 4.69) is 72.1 Å². The third-order valence-corrected chi connectivity index (χ3v) is 7.00. The van der Waals surface area contributed by atoms with Gasteiger partial charge >= 0.3 is 0 Å². The molecule has 1 aromatic rings. The van der Waals surface area contributed by atoms with Gasteiger partial charge in [-0.15, -0.1) is 0 Å². The molecule has 0 heterocycles. The first-order valence-electron chi connectivity index (χ1n) is 11.4. The molecule has 0 spiro atoms. The standard InChI is InChI=1S/C29H38/c1-8-24(9-2)12-10-11-20(4)29-22(6)17-26(23(29)7)18-27-21(5)16-25-14-13-19(3)15-28(25)27/h13-15,18,24H,4-5,8-12,16-17H2,1-3,6-7H3. The molecule has 0 nitrogen and oxygen atoms in total. The van der Waals surface area contributed by atoms with E-state index in [1.807, 2.05) is 0 Å². The zero-order valence-electron chi connectivity index (χ0n) is 19.3. The highest BCUT2D eigenvalue weighted by atomic mass is 14.3. The molecule has 0 heteroatoms. The summed E-state index contributed by atoms with van der Waals surface area (Å²) < 4.78 is 0. The van der Waals surface area contributed by atoms with Crippen LogP contribution in [-0.4, -0.2) is 0 Å². The minimum absolute atomic E-state index is 0.871. The van der Waals surface area contributed by atoms with Gasteiger partial charge in [-0.25, -0.2) is 0 Å². The Morgan fingerprint density at radius 1 is 1.10 bits per heavy atom. The van der Waals surface area contributed by atoms with E-state index >= 15 is 0 Å². The second-order valence-corrected chi connectivity index (χ2v) is 9.16. The number of rotatable bonds is 8. The van der Waals surface area contributed by atoms with Gasteiger partial charge in [0.15, 0.2) is 0 Å². The van der Waals surface area contributed by atoms with E-state index in [0.29, 0.717) is 0 Å². The molecule has 154 valence electrons. The maximum atomic E-state index is 4.48. The average Bonchev–Trinajstić information content (AvgIpc) is 3.14. The molecule has 2 aliphatic rings. The lowest BCUT2D eigenvalue weighted by Crippen LogP contribution is -1.98. The first-order valence-corrected chi connectivity index (χ1v) is 11.4. The van der Waals surface area contributed by atoms with Gasteiger partial charge in [0.2, 0.25) is 0 Å². The lowest BCUT2D eigenvalue weighted by Gasteiger charge is -2.14. The van der Waals surface area contributed by atoms with Crippen LogP contribution in [0.4, 0.5) is 0 Å². The van der Waals surface area contributed by atoms with Crippen molar-refractivity contribution in [2.45, 2.75) is 79.6 Å². The summed E-state index contributed by atoms with van der Waals surface area (Å²) in [6.45, 7) is 20.2. The van der Waals surface area contributed by atoms with Gasteiger partial charge in [-0.1, -0.05) is 81.7 Å². The quantitative estimate of drug-likeness (QED) is 0.419. The molecule has 0 radical (unpaired) electrons. The SMILES string of the molecule is C=C1Cc2ccc(C)cc2C1=CC1=C(C)C(C(=C)CCCC(CC)CC)=C(C)C1. The molecule has 0 fully saturated rings. The molecule has 0 bridgehead atoms. The lowest BCUT2D eigenvalue weighted by molar-refractivity contribution is 0.441. The zero-order valence-corrected chi connectivity index (χ0v) is 19.3. The van der Waals surface area contributed by atoms with Crippen LogP contribution in [-0.2, 0) is 6.42 Å². The highest BCUT2D eigenvalue weighted by molar-refractivity contribution is 5.87. The van der Waals surface area contributed by atoms with Gasteiger partial charge in [0.25, 0.3) is 0 Å². The smallest absolute Gasteiger partial charge is 0.00193 e. The molecule has 0 saturated heterocycles. The van der Waals surface area contributed by atoms with Gasteiger partial charge in [-0.2, -0.15) is 0 Å². The molecule has 29 heavy (non-hydrogen) atoms. The summed E-state index contributed by atoms with van der Waals surface area (Å²) in [6, 6.07) is 6.80. The molecule has 0 saturated carbocycles. The van der Waals surface area contributed by atoms with Crippen LogP contribution in [0.25, 0.3) is 5.57 Å². The van der Waals surface area contributed by atoms with Crippen molar-refractivity contribution in [2.24, 2.45) is 5.92 Å². The maximum absolute atomic E-state index is 4.48. The van der Waals surface area contributed by atoms with Gasteiger partial charge < -0.3 is 0 Å². The zero-order chi connectivity index (χ0) is 21.1. The molecular weight excluding hydrogens is 348 g/mol. The van der Waals surface area contributed by atoms with E-state index in [1.54, 1.807) is 0 Å². The Kier molecular flexibility index (Phi) is 6.83. The van der Waals surface area contributed by atoms with Crippen molar-refractivity contribution in [3.8, 4) is 0 Å². The molecule has 0 atom stereocenters. The summed E-state index contributed by atoms with van der Waals surface area (Å²) in [7, 11) is 0. The minimum atomic E-state index is 0.871. The van der Waals surface area contributed by atoms with Gasteiger partial charge in [-0.3, -0.25) is 0 Å². The van der Waals surface area contributed by atoms with E-state index in [1.165, 1.54) is 81.4 Å². The third-order valence-electron chi connectivity index (χ3n) is 7.00. The first-order chi connectivity index (χ1) is 13.8. The van der Waals surface area contributed by atoms with Crippen molar-refractivity contribution in [2.75, 3.05) is 0 Å². The summed E-state index contributed by atoms with van der Waals surface area (Å²) in [4.78, 5) is 0. The molecule has 0 aliphatic heterocycles. The van der Waals surface area contributed by atoms with Crippen molar-refractivity contribution >= 4 is 5.57 Å². The number of allylic oxidation sites excluding steroid dienone is 8. The number of hydrogen-bond acceptors (Lipinski definition) is 0. The van der Waals surface area contributed by atoms with E-state index in [4.69, 9.17) is 0 Å². The van der Waals surface area contributed by atoms with E-state index in [9.17, 15) is 0 Å². The lowest BCUT2D eigenvalue weighted by atomic mass is 9.91. The molecule has 0 N–H and O–H groups in total. The Bertz CT molecular complexity index is 909. The van der Waals surface area contributed by atoms with Crippen LogP contribution in [0.5, 0.6) is 0 Å². The van der Waals surface area contributed by atoms with Crippen LogP contribution < -0.4 is 0 Å². The van der Waals surface area contributed by atoms with Crippen molar-refractivity contribution in [1.82, 2.24) is 0 Å². The maximum Gasteiger partial charge on any atom is -0.00193 e. The van der Waals surface area contributed by atoms with E-state index in [-0.39, 0.29) is 0 Å². The molecule has 0 aromatic heterocycles. The summed E-state index contributed by atoms with van der Waals surface area (Å²) in [6.07, 6.45) is 10.7. The van der Waals surface area contributed by atoms with Crippen molar-refractivity contribution in [3.63, 3.8) is 0 Å². The van der Waals surface area contributed by atoms with Crippen LogP contribution >= 0.6 is 0 Å². The van der Waals surface area contributed by atoms with E-state index < -0.39 is 0 Å². The summed E-state index contributed by atoms with van der Waals surface area (Å²) in [5.74, 6) is 0.871. The fraction of sp³-hybridized carbons (Fsp3) is 0.448. The third kappa shape index (κ3) is 4.58. The van der Waals surface area contributed by atoms with Gasteiger partial charge in [0.1, 0.15) is 0 Å². The van der Waals surface area contributed by atoms with Crippen LogP contribution in [0, 0.1) is 12.8 Å². The van der Waals surface area contributed by atoms with Gasteiger partial charge in [-0.05, 0) is 96.9 Å². The van der Waals surface area contributed by atoms with Crippen molar-refractivity contribution in [1.29, 1.82) is 0 Å². The largest absolute Gasteiger partial charge is 0.0952 e. The molecule has 0 amide bonds. The number of aryl methyl sites for hydroxylation is 1. The number of hydrogen-bond donors (Lipinski definition) is 0. The molecular formula is C29H38. The fourth-order valence-electron chi connectivity index (χ4n) is 5.10. The molecule has 0 unspecified atom stereocenters. The molecule has 2 aliphatic carbocycles. The monoisotopic (exact) mass is 386 g/mol. The van der Waals surface area contributed by atoms with Crippen molar-refractivity contribution in [3.05, 3.63) is 87.6 Å². The summed E-state index contributed by atoms with van der Waals surface area (Å²) >= 11 is 0. The first kappa shape index (κ1) is 21.6. The Labute approximate surface area is 178 Å². The summed E-state index contributed by atoms with van der Waals surface area (Å²) in [5, 5.41) is 0. The summed E-state index contributed by atoms with van der Waals surface area (Å²) in [5.41, 5.74) is 13.8. The van der Waals surface area contributed by atoms with Crippen LogP contribution in [0.3, 0.4) is 0 Å². The fourth-order valence-corrected chi connectivity index (χ4v) is 5.10. The topological polar surface area (TPSA) is 0 Å². The van der Waals surface area contributed by atoms with Crippen molar-refractivity contribution < 1.29 is 0 Å². The van der Waals surface area contributed by atoms with Crippen LogP contribution in [0.2, 0.25) is 0 Å². The Balaban J connectivity index is 1.79. The minimum Gasteiger partial charge on any atom is -0.0952 e. The normalized spacial score (nSPS) is 17.9. The Morgan fingerprint density at radius 3 is 2.52 bits per heavy atom.